The minimum absolute atomic E-state index is 0.176. The molecule has 0 saturated heterocycles. The first-order chi connectivity index (χ1) is 9.60. The third-order valence-corrected chi connectivity index (χ3v) is 2.48. The first-order valence-corrected chi connectivity index (χ1v) is 5.87. The van der Waals surface area contributed by atoms with E-state index in [-0.39, 0.29) is 6.54 Å². The fourth-order valence-electron chi connectivity index (χ4n) is 1.62. The number of benzene rings is 1. The first-order valence-electron chi connectivity index (χ1n) is 5.87. The Morgan fingerprint density at radius 3 is 2.70 bits per heavy atom. The Hall–Kier alpha value is -2.35. The van der Waals surface area contributed by atoms with Crippen LogP contribution in [0.25, 0.3) is 0 Å². The molecule has 0 atom stereocenters. The van der Waals surface area contributed by atoms with Gasteiger partial charge >= 0.3 is 0 Å². The summed E-state index contributed by atoms with van der Waals surface area (Å²) >= 11 is 0. The molecular weight excluding hydrogens is 268 g/mol. The van der Waals surface area contributed by atoms with E-state index in [1.54, 1.807) is 13.2 Å². The van der Waals surface area contributed by atoms with Crippen molar-refractivity contribution in [2.24, 2.45) is 0 Å². The molecule has 20 heavy (non-hydrogen) atoms. The van der Waals surface area contributed by atoms with E-state index >= 15 is 0 Å². The van der Waals surface area contributed by atoms with E-state index in [0.29, 0.717) is 12.2 Å². The van der Waals surface area contributed by atoms with E-state index in [2.05, 4.69) is 20.9 Å². The fourth-order valence-corrected chi connectivity index (χ4v) is 1.62. The van der Waals surface area contributed by atoms with Crippen LogP contribution >= 0.6 is 0 Å². The molecule has 2 aromatic rings. The summed E-state index contributed by atoms with van der Waals surface area (Å²) in [5, 5.41) is 12.6. The van der Waals surface area contributed by atoms with Gasteiger partial charge in [-0.2, -0.15) is 0 Å². The number of nitrogens with one attached hydrogen (secondary N) is 2. The van der Waals surface area contributed by atoms with E-state index in [4.69, 9.17) is 0 Å². The molecule has 2 rings (SSSR count). The van der Waals surface area contributed by atoms with Gasteiger partial charge < -0.3 is 10.6 Å². The van der Waals surface area contributed by atoms with Gasteiger partial charge in [0.1, 0.15) is 23.9 Å². The van der Waals surface area contributed by atoms with Crippen LogP contribution in [0.4, 0.5) is 14.5 Å². The molecule has 0 aliphatic heterocycles. The highest BCUT2D eigenvalue weighted by Crippen LogP contribution is 2.17. The highest BCUT2D eigenvalue weighted by atomic mass is 19.1. The monoisotopic (exact) mass is 281 g/mol. The lowest BCUT2D eigenvalue weighted by atomic mass is 10.3. The highest BCUT2D eigenvalue weighted by Gasteiger charge is 2.12. The van der Waals surface area contributed by atoms with Crippen molar-refractivity contribution in [3.8, 4) is 0 Å². The molecule has 0 saturated carbocycles. The van der Waals surface area contributed by atoms with Crippen molar-refractivity contribution in [1.82, 2.24) is 20.3 Å². The van der Waals surface area contributed by atoms with Crippen molar-refractivity contribution in [1.29, 1.82) is 0 Å². The summed E-state index contributed by atoms with van der Waals surface area (Å²) in [5.74, 6) is -2.24. The van der Waals surface area contributed by atoms with Gasteiger partial charge in [-0.15, -0.1) is 5.10 Å². The van der Waals surface area contributed by atoms with Crippen LogP contribution in [-0.4, -0.2) is 27.9 Å². The van der Waals surface area contributed by atoms with Crippen LogP contribution in [0.2, 0.25) is 0 Å². The van der Waals surface area contributed by atoms with Gasteiger partial charge in [-0.05, 0) is 19.2 Å². The lowest BCUT2D eigenvalue weighted by Gasteiger charge is -2.07. The Morgan fingerprint density at radius 1 is 1.35 bits per heavy atom. The number of rotatable bonds is 5. The Bertz CT molecular complexity index is 593. The van der Waals surface area contributed by atoms with Crippen LogP contribution in [0.5, 0.6) is 0 Å². The second-order valence-corrected chi connectivity index (χ2v) is 4.08. The summed E-state index contributed by atoms with van der Waals surface area (Å²) in [7, 11) is 1.76. The van der Waals surface area contributed by atoms with Crippen molar-refractivity contribution < 1.29 is 13.6 Å². The molecule has 0 unspecified atom stereocenters. The average Bonchev–Trinajstić information content (AvgIpc) is 2.82. The maximum absolute atomic E-state index is 13.4. The molecular formula is C12H13F2N5O. The number of hydrogen-bond donors (Lipinski definition) is 2. The van der Waals surface area contributed by atoms with Crippen molar-refractivity contribution in [3.05, 3.63) is 41.7 Å². The Kier molecular flexibility index (Phi) is 4.36. The smallest absolute Gasteiger partial charge is 0.246 e. The average molecular weight is 281 g/mol. The number of carbonyl (C=O) groups is 1. The van der Waals surface area contributed by atoms with Crippen molar-refractivity contribution in [3.63, 3.8) is 0 Å². The Morgan fingerprint density at radius 2 is 2.05 bits per heavy atom. The number of carbonyl (C=O) groups excluding carboxylic acids is 1. The molecule has 8 heteroatoms. The minimum Gasteiger partial charge on any atom is -0.320 e. The molecule has 1 aromatic heterocycles. The quantitative estimate of drug-likeness (QED) is 0.854. The predicted molar refractivity (Wildman–Crippen MR) is 67.8 cm³/mol. The van der Waals surface area contributed by atoms with Crippen LogP contribution in [-0.2, 0) is 17.9 Å². The third kappa shape index (κ3) is 3.35. The summed E-state index contributed by atoms with van der Waals surface area (Å²) in [4.78, 5) is 11.7. The fraction of sp³-hybridized carbons (Fsp3) is 0.250. The maximum atomic E-state index is 13.4. The number of para-hydroxylation sites is 1. The van der Waals surface area contributed by atoms with Crippen molar-refractivity contribution in [2.75, 3.05) is 12.4 Å². The van der Waals surface area contributed by atoms with Crippen LogP contribution in [0.15, 0.2) is 24.4 Å². The summed E-state index contributed by atoms with van der Waals surface area (Å²) in [6.45, 7) is 0.341. The van der Waals surface area contributed by atoms with E-state index in [1.165, 1.54) is 10.7 Å². The number of halogens is 2. The number of hydrogen-bond acceptors (Lipinski definition) is 4. The molecule has 0 radical (unpaired) electrons. The summed E-state index contributed by atoms with van der Waals surface area (Å²) < 4.78 is 28.0. The summed E-state index contributed by atoms with van der Waals surface area (Å²) in [5.41, 5.74) is 0.199. The Balaban J connectivity index is 2.01. The molecule has 0 fully saturated rings. The maximum Gasteiger partial charge on any atom is 0.246 e. The molecule has 1 aromatic carbocycles. The van der Waals surface area contributed by atoms with Gasteiger partial charge in [-0.1, -0.05) is 11.3 Å². The van der Waals surface area contributed by atoms with Gasteiger partial charge in [-0.25, -0.2) is 13.5 Å². The normalized spacial score (nSPS) is 10.6. The van der Waals surface area contributed by atoms with Crippen molar-refractivity contribution >= 4 is 11.6 Å². The zero-order valence-corrected chi connectivity index (χ0v) is 10.7. The topological polar surface area (TPSA) is 71.8 Å². The van der Waals surface area contributed by atoms with E-state index < -0.39 is 23.2 Å². The molecule has 1 heterocycles. The second-order valence-electron chi connectivity index (χ2n) is 4.08. The molecule has 1 amide bonds. The van der Waals surface area contributed by atoms with Crippen molar-refractivity contribution in [2.45, 2.75) is 13.1 Å². The van der Waals surface area contributed by atoms with E-state index in [0.717, 1.165) is 12.1 Å². The molecule has 106 valence electrons. The zero-order chi connectivity index (χ0) is 14.5. The van der Waals surface area contributed by atoms with Gasteiger partial charge in [0.05, 0.1) is 11.9 Å². The molecule has 0 spiro atoms. The molecule has 0 aliphatic rings. The van der Waals surface area contributed by atoms with Crippen LogP contribution in [0.3, 0.4) is 0 Å². The lowest BCUT2D eigenvalue weighted by Crippen LogP contribution is -2.20. The second kappa shape index (κ2) is 6.20. The van der Waals surface area contributed by atoms with E-state index in [9.17, 15) is 13.6 Å². The molecule has 0 aliphatic carbocycles. The van der Waals surface area contributed by atoms with Gasteiger partial charge in [0.2, 0.25) is 5.91 Å². The summed E-state index contributed by atoms with van der Waals surface area (Å²) in [6.07, 6.45) is 1.58. The molecule has 2 N–H and O–H groups in total. The molecule has 6 nitrogen and oxygen atoms in total. The third-order valence-electron chi connectivity index (χ3n) is 2.48. The minimum atomic E-state index is -0.826. The number of amides is 1. The van der Waals surface area contributed by atoms with E-state index in [1.807, 2.05) is 0 Å². The van der Waals surface area contributed by atoms with Crippen LogP contribution in [0.1, 0.15) is 5.69 Å². The van der Waals surface area contributed by atoms with Crippen LogP contribution < -0.4 is 10.6 Å². The number of aromatic nitrogens is 3. The highest BCUT2D eigenvalue weighted by molar-refractivity contribution is 5.90. The standard InChI is InChI=1S/C12H13F2N5O/c1-15-5-8-6-19(18-17-8)7-11(20)16-12-9(13)3-2-4-10(12)14/h2-4,6,15H,5,7H2,1H3,(H,16,20). The predicted octanol–water partition coefficient (Wildman–Crippen LogP) is 0.914. The van der Waals surface area contributed by atoms with Gasteiger partial charge in [0.15, 0.2) is 0 Å². The van der Waals surface area contributed by atoms with Gasteiger partial charge in [0, 0.05) is 6.54 Å². The first kappa shape index (κ1) is 14.1. The van der Waals surface area contributed by atoms with Gasteiger partial charge in [0.25, 0.3) is 0 Å². The summed E-state index contributed by atoms with van der Waals surface area (Å²) in [6, 6.07) is 3.36. The van der Waals surface area contributed by atoms with Crippen LogP contribution in [0, 0.1) is 11.6 Å². The lowest BCUT2D eigenvalue weighted by molar-refractivity contribution is -0.117. The molecule has 0 bridgehead atoms. The zero-order valence-electron chi connectivity index (χ0n) is 10.7. The SMILES string of the molecule is CNCc1cn(CC(=O)Nc2c(F)cccc2F)nn1. The number of nitrogens with zero attached hydrogens (tertiary/aromatic N) is 3. The number of anilines is 1. The van der Waals surface area contributed by atoms with Gasteiger partial charge in [-0.3, -0.25) is 4.79 Å². The Labute approximate surface area is 113 Å². The largest absolute Gasteiger partial charge is 0.320 e.